The third-order valence-corrected chi connectivity index (χ3v) is 8.93. The predicted octanol–water partition coefficient (Wildman–Crippen LogP) is 5.68. The van der Waals surface area contributed by atoms with Gasteiger partial charge in [-0.1, -0.05) is 97.1 Å². The van der Waals surface area contributed by atoms with Crippen LogP contribution >= 0.6 is 0 Å². The van der Waals surface area contributed by atoms with E-state index in [-0.39, 0.29) is 44.7 Å². The molecule has 0 bridgehead atoms. The Balaban J connectivity index is 1.18. The molecular formula is C40H41NO9. The third kappa shape index (κ3) is 8.13. The number of aliphatic hydroxyl groups excluding tert-OH is 1. The maximum Gasteiger partial charge on any atom is 0.510 e. The smallest absolute Gasteiger partial charge is 0.497 e. The van der Waals surface area contributed by atoms with Gasteiger partial charge in [-0.05, 0) is 39.9 Å². The maximum absolute atomic E-state index is 13.4. The molecule has 4 aromatic carbocycles. The van der Waals surface area contributed by atoms with E-state index in [0.717, 1.165) is 33.6 Å². The molecule has 1 fully saturated rings. The molecule has 0 spiro atoms. The first kappa shape index (κ1) is 35.0. The lowest BCUT2D eigenvalue weighted by Crippen LogP contribution is -2.65. The quantitative estimate of drug-likeness (QED) is 0.0923. The Morgan fingerprint density at radius 2 is 1.54 bits per heavy atom. The summed E-state index contributed by atoms with van der Waals surface area (Å²) < 4.78 is 34.9. The fraction of sp³-hybridized carbons (Fsp3) is 0.300. The molecule has 0 radical (unpaired) electrons. The van der Waals surface area contributed by atoms with E-state index in [2.05, 4.69) is 24.0 Å². The minimum Gasteiger partial charge on any atom is -0.497 e. The van der Waals surface area contributed by atoms with Crippen molar-refractivity contribution in [3.8, 4) is 16.9 Å². The summed E-state index contributed by atoms with van der Waals surface area (Å²) in [5.41, 5.74) is 5.71. The zero-order valence-electron chi connectivity index (χ0n) is 27.8. The van der Waals surface area contributed by atoms with Crippen LogP contribution in [0, 0.1) is 0 Å². The average molecular weight is 680 g/mol. The molecule has 0 saturated carbocycles. The topological polar surface area (TPSA) is 122 Å². The Morgan fingerprint density at radius 3 is 2.20 bits per heavy atom. The number of rotatable bonds is 15. The normalized spacial score (nSPS) is 21.1. The van der Waals surface area contributed by atoms with Crippen molar-refractivity contribution < 1.29 is 43.1 Å². The Bertz CT molecular complexity index is 1700. The van der Waals surface area contributed by atoms with Crippen LogP contribution in [0.5, 0.6) is 5.75 Å². The molecule has 0 amide bonds. The number of Topliss-reactive ketones (excluding diaryl/α,β-unsaturated/α-hetero) is 1. The number of hydrogen-bond donors (Lipinski definition) is 2. The van der Waals surface area contributed by atoms with Gasteiger partial charge in [0.05, 0.1) is 39.5 Å². The van der Waals surface area contributed by atoms with Crippen molar-refractivity contribution >= 4 is 11.9 Å². The highest BCUT2D eigenvalue weighted by Gasteiger charge is 2.48. The van der Waals surface area contributed by atoms with E-state index < -0.39 is 36.8 Å². The van der Waals surface area contributed by atoms with E-state index in [1.54, 1.807) is 37.5 Å². The van der Waals surface area contributed by atoms with Gasteiger partial charge in [0.15, 0.2) is 5.78 Å². The SMILES string of the molecule is C=CCOC1C(O)C(COCc2ccc(OC)cc2)OC(OC(=O)OCC2c3ccccc3-c3ccccc32)C1NCC(=O)c1ccccc1. The van der Waals surface area contributed by atoms with Gasteiger partial charge in [-0.25, -0.2) is 4.79 Å². The second-order valence-corrected chi connectivity index (χ2v) is 12.1. The molecule has 1 aliphatic heterocycles. The molecule has 10 nitrogen and oxygen atoms in total. The predicted molar refractivity (Wildman–Crippen MR) is 186 cm³/mol. The first-order valence-electron chi connectivity index (χ1n) is 16.6. The van der Waals surface area contributed by atoms with E-state index in [4.69, 9.17) is 28.4 Å². The van der Waals surface area contributed by atoms with Crippen LogP contribution < -0.4 is 10.1 Å². The zero-order valence-corrected chi connectivity index (χ0v) is 27.8. The third-order valence-electron chi connectivity index (χ3n) is 8.93. The van der Waals surface area contributed by atoms with Gasteiger partial charge in [-0.2, -0.15) is 0 Å². The van der Waals surface area contributed by atoms with Crippen LogP contribution in [0.3, 0.4) is 0 Å². The summed E-state index contributed by atoms with van der Waals surface area (Å²) in [5.74, 6) is 0.344. The molecule has 260 valence electrons. The summed E-state index contributed by atoms with van der Waals surface area (Å²) >= 11 is 0. The van der Waals surface area contributed by atoms with Gasteiger partial charge in [0, 0.05) is 11.5 Å². The number of carbonyl (C=O) groups excluding carboxylic acids is 2. The number of benzene rings is 4. The van der Waals surface area contributed by atoms with Gasteiger partial charge in [-0.3, -0.25) is 10.1 Å². The van der Waals surface area contributed by atoms with Crippen molar-refractivity contribution in [2.75, 3.05) is 33.5 Å². The Hall–Kier alpha value is -4.84. The van der Waals surface area contributed by atoms with E-state index in [1.165, 1.54) is 0 Å². The number of carbonyl (C=O) groups is 2. The van der Waals surface area contributed by atoms with E-state index in [0.29, 0.717) is 5.56 Å². The number of aliphatic hydroxyl groups is 1. The minimum atomic E-state index is -1.30. The minimum absolute atomic E-state index is 0.0393. The monoisotopic (exact) mass is 679 g/mol. The summed E-state index contributed by atoms with van der Waals surface area (Å²) in [6.45, 7) is 3.92. The van der Waals surface area contributed by atoms with Crippen LogP contribution in [0.15, 0.2) is 116 Å². The molecule has 5 atom stereocenters. The Kier molecular flexibility index (Phi) is 11.7. The molecule has 4 aromatic rings. The molecule has 0 aromatic heterocycles. The fourth-order valence-corrected chi connectivity index (χ4v) is 6.42. The summed E-state index contributed by atoms with van der Waals surface area (Å²) in [6, 6.07) is 31.3. The molecule has 5 unspecified atom stereocenters. The zero-order chi connectivity index (χ0) is 34.9. The summed E-state index contributed by atoms with van der Waals surface area (Å²) in [7, 11) is 1.60. The van der Waals surface area contributed by atoms with Crippen molar-refractivity contribution in [2.24, 2.45) is 0 Å². The van der Waals surface area contributed by atoms with Crippen molar-refractivity contribution in [2.45, 2.75) is 43.2 Å². The number of methoxy groups -OCH3 is 1. The molecule has 2 N–H and O–H groups in total. The van der Waals surface area contributed by atoms with Crippen LogP contribution in [0.1, 0.15) is 33.0 Å². The Morgan fingerprint density at radius 1 is 0.880 bits per heavy atom. The van der Waals surface area contributed by atoms with Crippen LogP contribution in [-0.4, -0.2) is 81.2 Å². The highest BCUT2D eigenvalue weighted by atomic mass is 16.8. The number of hydrogen-bond acceptors (Lipinski definition) is 10. The first-order chi connectivity index (χ1) is 24.5. The molecule has 1 heterocycles. The van der Waals surface area contributed by atoms with Gasteiger partial charge in [-0.15, -0.1) is 6.58 Å². The lowest BCUT2D eigenvalue weighted by molar-refractivity contribution is -0.266. The van der Waals surface area contributed by atoms with Gasteiger partial charge < -0.3 is 33.5 Å². The van der Waals surface area contributed by atoms with Crippen LogP contribution in [-0.2, 0) is 30.3 Å². The Labute approximate surface area is 291 Å². The largest absolute Gasteiger partial charge is 0.510 e. The summed E-state index contributed by atoms with van der Waals surface area (Å²) in [4.78, 5) is 26.4. The summed E-state index contributed by atoms with van der Waals surface area (Å²) in [5, 5.41) is 14.6. The van der Waals surface area contributed by atoms with Gasteiger partial charge in [0.2, 0.25) is 6.29 Å². The van der Waals surface area contributed by atoms with Crippen molar-refractivity contribution in [3.05, 3.63) is 138 Å². The first-order valence-corrected chi connectivity index (χ1v) is 16.6. The molecular weight excluding hydrogens is 638 g/mol. The van der Waals surface area contributed by atoms with E-state index in [1.807, 2.05) is 66.7 Å². The van der Waals surface area contributed by atoms with Gasteiger partial charge >= 0.3 is 6.16 Å². The highest BCUT2D eigenvalue weighted by molar-refractivity contribution is 5.97. The molecule has 1 saturated heterocycles. The standard InChI is InChI=1S/C40H41NO9/c1-3-21-47-38-36(41-22-34(42)27-11-5-4-6-12-27)39(49-35(37(38)43)25-46-23-26-17-19-28(45-2)20-18-26)50-40(44)48-24-33-31-15-9-7-13-29(31)30-14-8-10-16-32(30)33/h3-20,33,35-39,41,43H,1,21-25H2,2H3. The second kappa shape index (κ2) is 16.7. The summed E-state index contributed by atoms with van der Waals surface area (Å²) in [6.07, 6.45) is -3.84. The molecule has 6 rings (SSSR count). The van der Waals surface area contributed by atoms with E-state index in [9.17, 15) is 14.7 Å². The van der Waals surface area contributed by atoms with E-state index >= 15 is 0 Å². The van der Waals surface area contributed by atoms with Crippen LogP contribution in [0.2, 0.25) is 0 Å². The van der Waals surface area contributed by atoms with Crippen molar-refractivity contribution in [1.29, 1.82) is 0 Å². The van der Waals surface area contributed by atoms with Crippen molar-refractivity contribution in [1.82, 2.24) is 5.32 Å². The lowest BCUT2D eigenvalue weighted by Gasteiger charge is -2.44. The molecule has 2 aliphatic rings. The lowest BCUT2D eigenvalue weighted by atomic mass is 9.96. The highest BCUT2D eigenvalue weighted by Crippen LogP contribution is 2.44. The van der Waals surface area contributed by atoms with Crippen LogP contribution in [0.25, 0.3) is 11.1 Å². The molecule has 50 heavy (non-hydrogen) atoms. The van der Waals surface area contributed by atoms with Gasteiger partial charge in [0.1, 0.15) is 30.7 Å². The average Bonchev–Trinajstić information content (AvgIpc) is 3.48. The maximum atomic E-state index is 13.4. The van der Waals surface area contributed by atoms with Crippen molar-refractivity contribution in [3.63, 3.8) is 0 Å². The molecule has 10 heteroatoms. The molecule has 1 aliphatic carbocycles. The number of ether oxygens (including phenoxy) is 6. The van der Waals surface area contributed by atoms with Gasteiger partial charge in [0.25, 0.3) is 0 Å². The van der Waals surface area contributed by atoms with Crippen LogP contribution in [0.4, 0.5) is 4.79 Å². The number of ketones is 1. The number of fused-ring (bicyclic) bond motifs is 3. The second-order valence-electron chi connectivity index (χ2n) is 12.1. The fourth-order valence-electron chi connectivity index (χ4n) is 6.42. The number of nitrogens with one attached hydrogen (secondary N) is 1.